The molecule has 1 aromatic carbocycles. The number of sulfonamides is 1. The van der Waals surface area contributed by atoms with Gasteiger partial charge < -0.3 is 10.5 Å². The summed E-state index contributed by atoms with van der Waals surface area (Å²) in [6, 6.07) is 2.45. The van der Waals surface area contributed by atoms with E-state index in [4.69, 9.17) is 10.5 Å². The standard InChI is InChI=1S/C13H20N2O4S/c1-5-19-13(16)10(4)15-20(17,18)12-9(3)7-6-8(2)11(12)14/h6-7,10,15H,5,14H2,1-4H3. The quantitative estimate of drug-likeness (QED) is 0.627. The smallest absolute Gasteiger partial charge is 0.323 e. The number of benzene rings is 1. The van der Waals surface area contributed by atoms with Gasteiger partial charge in [-0.25, -0.2) is 8.42 Å². The van der Waals surface area contributed by atoms with E-state index in [1.165, 1.54) is 6.92 Å². The zero-order valence-electron chi connectivity index (χ0n) is 12.1. The van der Waals surface area contributed by atoms with Gasteiger partial charge in [-0.1, -0.05) is 12.1 Å². The number of ether oxygens (including phenoxy) is 1. The Morgan fingerprint density at radius 3 is 2.45 bits per heavy atom. The molecule has 3 N–H and O–H groups in total. The van der Waals surface area contributed by atoms with Gasteiger partial charge in [0, 0.05) is 0 Å². The van der Waals surface area contributed by atoms with E-state index in [1.807, 2.05) is 0 Å². The third-order valence-electron chi connectivity index (χ3n) is 2.85. The molecule has 112 valence electrons. The van der Waals surface area contributed by atoms with Crippen LogP contribution in [0.25, 0.3) is 0 Å². The van der Waals surface area contributed by atoms with Crippen molar-refractivity contribution in [1.29, 1.82) is 0 Å². The van der Waals surface area contributed by atoms with Gasteiger partial charge in [0.2, 0.25) is 10.0 Å². The predicted molar refractivity (Wildman–Crippen MR) is 76.7 cm³/mol. The minimum Gasteiger partial charge on any atom is -0.465 e. The molecule has 0 saturated carbocycles. The molecule has 0 aliphatic rings. The second-order valence-electron chi connectivity index (χ2n) is 4.54. The summed E-state index contributed by atoms with van der Waals surface area (Å²) in [6.07, 6.45) is 0. The van der Waals surface area contributed by atoms with Crippen molar-refractivity contribution in [2.75, 3.05) is 12.3 Å². The van der Waals surface area contributed by atoms with Crippen LogP contribution in [-0.2, 0) is 19.6 Å². The van der Waals surface area contributed by atoms with E-state index in [9.17, 15) is 13.2 Å². The molecular weight excluding hydrogens is 280 g/mol. The monoisotopic (exact) mass is 300 g/mol. The maximum Gasteiger partial charge on any atom is 0.323 e. The molecule has 1 unspecified atom stereocenters. The van der Waals surface area contributed by atoms with E-state index in [0.717, 1.165) is 0 Å². The number of nitrogens with two attached hydrogens (primary N) is 1. The topological polar surface area (TPSA) is 98.5 Å². The van der Waals surface area contributed by atoms with E-state index in [1.54, 1.807) is 32.9 Å². The van der Waals surface area contributed by atoms with Crippen LogP contribution in [0.1, 0.15) is 25.0 Å². The molecule has 1 rings (SSSR count). The van der Waals surface area contributed by atoms with Crippen molar-refractivity contribution in [2.24, 2.45) is 0 Å². The number of nitrogens with one attached hydrogen (secondary N) is 1. The van der Waals surface area contributed by atoms with Crippen LogP contribution in [-0.4, -0.2) is 27.0 Å². The average Bonchev–Trinajstić information content (AvgIpc) is 2.33. The summed E-state index contributed by atoms with van der Waals surface area (Å²) in [6.45, 7) is 6.65. The van der Waals surface area contributed by atoms with E-state index in [-0.39, 0.29) is 17.2 Å². The average molecular weight is 300 g/mol. The Labute approximate surface area is 119 Å². The zero-order valence-corrected chi connectivity index (χ0v) is 12.9. The van der Waals surface area contributed by atoms with Crippen molar-refractivity contribution in [3.63, 3.8) is 0 Å². The lowest BCUT2D eigenvalue weighted by molar-refractivity contribution is -0.144. The molecule has 0 aliphatic carbocycles. The van der Waals surface area contributed by atoms with Gasteiger partial charge in [-0.2, -0.15) is 4.72 Å². The number of hydrogen-bond donors (Lipinski definition) is 2. The Kier molecular flexibility index (Phi) is 5.13. The first-order valence-corrected chi connectivity index (χ1v) is 7.73. The fourth-order valence-corrected chi connectivity index (χ4v) is 3.39. The SMILES string of the molecule is CCOC(=O)C(C)NS(=O)(=O)c1c(C)ccc(C)c1N. The highest BCUT2D eigenvalue weighted by atomic mass is 32.2. The van der Waals surface area contributed by atoms with Crippen molar-refractivity contribution in [2.45, 2.75) is 38.6 Å². The molecule has 7 heteroatoms. The molecule has 0 spiro atoms. The third kappa shape index (κ3) is 3.49. The van der Waals surface area contributed by atoms with E-state index in [0.29, 0.717) is 11.1 Å². The summed E-state index contributed by atoms with van der Waals surface area (Å²) in [5.41, 5.74) is 7.22. The number of rotatable bonds is 5. The maximum atomic E-state index is 12.3. The van der Waals surface area contributed by atoms with Crippen LogP contribution in [0.3, 0.4) is 0 Å². The molecule has 0 bridgehead atoms. The number of nitrogen functional groups attached to an aromatic ring is 1. The predicted octanol–water partition coefficient (Wildman–Crippen LogP) is 1.12. The first-order valence-electron chi connectivity index (χ1n) is 6.25. The number of esters is 1. The summed E-state index contributed by atoms with van der Waals surface area (Å²) in [7, 11) is -3.88. The molecule has 0 radical (unpaired) electrons. The molecule has 6 nitrogen and oxygen atoms in total. The van der Waals surface area contributed by atoms with Crippen molar-refractivity contribution in [1.82, 2.24) is 4.72 Å². The van der Waals surface area contributed by atoms with Crippen molar-refractivity contribution in [3.8, 4) is 0 Å². The summed E-state index contributed by atoms with van der Waals surface area (Å²) >= 11 is 0. The Balaban J connectivity index is 3.13. The van der Waals surface area contributed by atoms with Gasteiger partial charge in [0.25, 0.3) is 0 Å². The Bertz CT molecular complexity index is 611. The molecule has 1 aromatic rings. The molecule has 0 heterocycles. The van der Waals surface area contributed by atoms with Crippen LogP contribution < -0.4 is 10.5 Å². The molecule has 1 atom stereocenters. The second kappa shape index (κ2) is 6.23. The van der Waals surface area contributed by atoms with E-state index < -0.39 is 22.0 Å². The van der Waals surface area contributed by atoms with Crippen LogP contribution >= 0.6 is 0 Å². The molecule has 0 aromatic heterocycles. The van der Waals surface area contributed by atoms with Crippen molar-refractivity contribution < 1.29 is 17.9 Å². The van der Waals surface area contributed by atoms with Crippen molar-refractivity contribution >= 4 is 21.7 Å². The van der Waals surface area contributed by atoms with Crippen LogP contribution in [0.2, 0.25) is 0 Å². The fourth-order valence-electron chi connectivity index (χ4n) is 1.77. The summed E-state index contributed by atoms with van der Waals surface area (Å²) < 4.78 is 31.7. The molecule has 0 saturated heterocycles. The number of anilines is 1. The number of aryl methyl sites for hydroxylation is 2. The largest absolute Gasteiger partial charge is 0.465 e. The lowest BCUT2D eigenvalue weighted by Gasteiger charge is -2.16. The molecule has 20 heavy (non-hydrogen) atoms. The minimum absolute atomic E-state index is 0.00801. The first-order chi connectivity index (χ1) is 9.20. The Hall–Kier alpha value is -1.60. The molecular formula is C13H20N2O4S. The Morgan fingerprint density at radius 1 is 1.35 bits per heavy atom. The molecule has 0 amide bonds. The van der Waals surface area contributed by atoms with Gasteiger partial charge in [0.1, 0.15) is 10.9 Å². The lowest BCUT2D eigenvalue weighted by Crippen LogP contribution is -2.40. The maximum absolute atomic E-state index is 12.3. The number of carbonyl (C=O) groups is 1. The highest BCUT2D eigenvalue weighted by Crippen LogP contribution is 2.25. The first kappa shape index (κ1) is 16.5. The van der Waals surface area contributed by atoms with Crippen LogP contribution in [0.5, 0.6) is 0 Å². The summed E-state index contributed by atoms with van der Waals surface area (Å²) in [4.78, 5) is 11.5. The van der Waals surface area contributed by atoms with Crippen molar-refractivity contribution in [3.05, 3.63) is 23.3 Å². The van der Waals surface area contributed by atoms with Crippen LogP contribution in [0.15, 0.2) is 17.0 Å². The van der Waals surface area contributed by atoms with Gasteiger partial charge in [0.05, 0.1) is 12.3 Å². The normalized spacial score (nSPS) is 13.0. The van der Waals surface area contributed by atoms with Crippen LogP contribution in [0.4, 0.5) is 5.69 Å². The van der Waals surface area contributed by atoms with Gasteiger partial charge in [-0.15, -0.1) is 0 Å². The van der Waals surface area contributed by atoms with E-state index >= 15 is 0 Å². The fraction of sp³-hybridized carbons (Fsp3) is 0.462. The van der Waals surface area contributed by atoms with Gasteiger partial charge in [-0.3, -0.25) is 4.79 Å². The lowest BCUT2D eigenvalue weighted by atomic mass is 10.1. The number of hydrogen-bond acceptors (Lipinski definition) is 5. The number of carbonyl (C=O) groups excluding carboxylic acids is 1. The van der Waals surface area contributed by atoms with Gasteiger partial charge >= 0.3 is 5.97 Å². The highest BCUT2D eigenvalue weighted by Gasteiger charge is 2.26. The molecule has 0 fully saturated rings. The third-order valence-corrected chi connectivity index (χ3v) is 4.59. The second-order valence-corrected chi connectivity index (χ2v) is 6.19. The summed E-state index contributed by atoms with van der Waals surface area (Å²) in [5, 5.41) is 0. The van der Waals surface area contributed by atoms with Gasteiger partial charge in [0.15, 0.2) is 0 Å². The highest BCUT2D eigenvalue weighted by molar-refractivity contribution is 7.89. The molecule has 0 aliphatic heterocycles. The zero-order chi connectivity index (χ0) is 15.5. The Morgan fingerprint density at radius 2 is 1.90 bits per heavy atom. The van der Waals surface area contributed by atoms with E-state index in [2.05, 4.69) is 4.72 Å². The summed E-state index contributed by atoms with van der Waals surface area (Å²) in [5.74, 6) is -0.625. The van der Waals surface area contributed by atoms with Gasteiger partial charge in [-0.05, 0) is 38.8 Å². The van der Waals surface area contributed by atoms with Crippen LogP contribution in [0, 0.1) is 13.8 Å². The minimum atomic E-state index is -3.88.